The summed E-state index contributed by atoms with van der Waals surface area (Å²) in [7, 11) is 0. The Bertz CT molecular complexity index is 3680. The molecule has 0 aliphatic carbocycles. The Morgan fingerprint density at radius 1 is 0.472 bits per heavy atom. The molecule has 0 atom stereocenters. The molecule has 4 heteroatoms. The fraction of sp³-hybridized carbons (Fsp3) is 0.206. The van der Waals surface area contributed by atoms with Gasteiger partial charge in [-0.05, 0) is 138 Å². The molecule has 0 bridgehead atoms. The lowest BCUT2D eigenvalue weighted by Crippen LogP contribution is -2.17. The average Bonchev–Trinajstić information content (AvgIpc) is 3.77. The molecular weight excluding hydrogens is 875 g/mol. The summed E-state index contributed by atoms with van der Waals surface area (Å²) in [6, 6.07) is 65.6. The monoisotopic (exact) mass is 942 g/mol. The van der Waals surface area contributed by atoms with Gasteiger partial charge in [-0.25, -0.2) is 4.98 Å². The molecule has 10 aromatic rings. The highest BCUT2D eigenvalue weighted by Crippen LogP contribution is 2.47. The van der Waals surface area contributed by atoms with Gasteiger partial charge in [-0.1, -0.05) is 203 Å². The average molecular weight is 942 g/mol. The minimum absolute atomic E-state index is 0.203. The van der Waals surface area contributed by atoms with E-state index >= 15 is 0 Å². The van der Waals surface area contributed by atoms with Gasteiger partial charge < -0.3 is 5.11 Å². The van der Waals surface area contributed by atoms with Crippen molar-refractivity contribution in [2.45, 2.75) is 91.9 Å². The largest absolute Gasteiger partial charge is 0.507 e. The summed E-state index contributed by atoms with van der Waals surface area (Å²) in [5.74, 6) is -0.818. The first-order valence-electron chi connectivity index (χ1n) is 26.1. The van der Waals surface area contributed by atoms with E-state index in [1.807, 2.05) is 70.3 Å². The number of phenols is 1. The predicted molar refractivity (Wildman–Crippen MR) is 304 cm³/mol. The summed E-state index contributed by atoms with van der Waals surface area (Å²) in [6.07, 6.45) is 1.88. The van der Waals surface area contributed by atoms with Gasteiger partial charge in [-0.3, -0.25) is 9.55 Å². The Morgan fingerprint density at radius 2 is 1.07 bits per heavy atom. The van der Waals surface area contributed by atoms with Crippen LogP contribution in [0, 0.1) is 0 Å². The van der Waals surface area contributed by atoms with Crippen LogP contribution >= 0.6 is 0 Å². The number of para-hydroxylation sites is 1. The van der Waals surface area contributed by atoms with E-state index in [1.54, 1.807) is 0 Å². The fourth-order valence-electron chi connectivity index (χ4n) is 9.95. The molecule has 2 aromatic heterocycles. The SMILES string of the molecule is [2H]C(C)(C)c1ccc(-c2ccnc(-c3cc(-c4ccccc4)cc(-c4cccc5c4nc(-c4cc(C(C)(C)C)cc(C(C)(C)C)c4O)n5-c4cc(-c5ccccc5)c(C([2H])(C)C)cc4-c4ccccc4)c3)c2)cc1. The summed E-state index contributed by atoms with van der Waals surface area (Å²) in [5.41, 5.74) is 18.2. The quantitative estimate of drug-likeness (QED) is 0.149. The molecule has 1 N–H and O–H groups in total. The zero-order chi connectivity index (χ0) is 52.3. The minimum atomic E-state index is -0.943. The van der Waals surface area contributed by atoms with Crippen molar-refractivity contribution in [3.05, 3.63) is 217 Å². The molecule has 0 fully saturated rings. The van der Waals surface area contributed by atoms with Crippen LogP contribution in [0.5, 0.6) is 5.75 Å². The highest BCUT2D eigenvalue weighted by molar-refractivity contribution is 5.99. The highest BCUT2D eigenvalue weighted by Gasteiger charge is 2.30. The molecule has 2 heterocycles. The van der Waals surface area contributed by atoms with Crippen LogP contribution in [-0.2, 0) is 10.8 Å². The molecule has 0 aliphatic heterocycles. The van der Waals surface area contributed by atoms with Crippen LogP contribution in [-0.4, -0.2) is 19.6 Å². The number of aromatic hydroxyl groups is 1. The van der Waals surface area contributed by atoms with Crippen molar-refractivity contribution in [3.63, 3.8) is 0 Å². The summed E-state index contributed by atoms with van der Waals surface area (Å²) in [6.45, 7) is 20.8. The molecule has 72 heavy (non-hydrogen) atoms. The molecule has 0 aliphatic rings. The normalized spacial score (nSPS) is 12.8. The van der Waals surface area contributed by atoms with Crippen molar-refractivity contribution in [1.82, 2.24) is 14.5 Å². The van der Waals surface area contributed by atoms with Crippen LogP contribution in [0.4, 0.5) is 0 Å². The van der Waals surface area contributed by atoms with Crippen molar-refractivity contribution < 1.29 is 7.85 Å². The molecule has 0 amide bonds. The van der Waals surface area contributed by atoms with Crippen LogP contribution in [0.3, 0.4) is 0 Å². The van der Waals surface area contributed by atoms with Gasteiger partial charge in [0.25, 0.3) is 0 Å². The molecule has 358 valence electrons. The second-order valence-electron chi connectivity index (χ2n) is 21.7. The highest BCUT2D eigenvalue weighted by atomic mass is 16.3. The number of nitrogens with zero attached hydrogens (tertiary/aromatic N) is 3. The fourth-order valence-corrected chi connectivity index (χ4v) is 9.95. The van der Waals surface area contributed by atoms with Gasteiger partial charge >= 0.3 is 0 Å². The Hall–Kier alpha value is -7.82. The Balaban J connectivity index is 1.30. The first kappa shape index (κ1) is 45.3. The summed E-state index contributed by atoms with van der Waals surface area (Å²) in [5, 5.41) is 12.8. The van der Waals surface area contributed by atoms with Crippen molar-refractivity contribution in [2.75, 3.05) is 0 Å². The number of imidazole rings is 1. The number of rotatable bonds is 10. The van der Waals surface area contributed by atoms with Gasteiger partial charge in [-0.15, -0.1) is 0 Å². The molecule has 0 unspecified atom stereocenters. The number of aromatic nitrogens is 3. The van der Waals surface area contributed by atoms with E-state index in [1.165, 1.54) is 0 Å². The Kier molecular flexibility index (Phi) is 12.0. The molecule has 0 saturated heterocycles. The van der Waals surface area contributed by atoms with Gasteiger partial charge in [0.05, 0.1) is 28.0 Å². The first-order chi connectivity index (χ1) is 35.1. The van der Waals surface area contributed by atoms with Crippen LogP contribution in [0.25, 0.3) is 95.0 Å². The lowest BCUT2D eigenvalue weighted by atomic mass is 9.79. The minimum Gasteiger partial charge on any atom is -0.507 e. The third-order valence-corrected chi connectivity index (χ3v) is 14.0. The number of hydrogen-bond donors (Lipinski definition) is 1. The van der Waals surface area contributed by atoms with Crippen LogP contribution in [0.15, 0.2) is 194 Å². The first-order valence-corrected chi connectivity index (χ1v) is 25.1. The summed E-state index contributed by atoms with van der Waals surface area (Å²) in [4.78, 5) is 10.8. The van der Waals surface area contributed by atoms with E-state index in [-0.39, 0.29) is 16.6 Å². The lowest BCUT2D eigenvalue weighted by Gasteiger charge is -2.28. The van der Waals surface area contributed by atoms with E-state index in [4.69, 9.17) is 11.3 Å². The number of pyridine rings is 1. The third-order valence-electron chi connectivity index (χ3n) is 14.0. The summed E-state index contributed by atoms with van der Waals surface area (Å²) < 4.78 is 20.4. The van der Waals surface area contributed by atoms with Crippen molar-refractivity contribution in [2.24, 2.45) is 0 Å². The topological polar surface area (TPSA) is 50.9 Å². The molecule has 4 nitrogen and oxygen atoms in total. The van der Waals surface area contributed by atoms with E-state index < -0.39 is 11.8 Å². The molecule has 0 radical (unpaired) electrons. The molecule has 8 aromatic carbocycles. The number of phenolic OH excluding ortho intramolecular Hbond substituents is 1. The predicted octanol–water partition coefficient (Wildman–Crippen LogP) is 18.6. The van der Waals surface area contributed by atoms with Crippen LogP contribution < -0.4 is 0 Å². The van der Waals surface area contributed by atoms with Gasteiger partial charge in [-0.2, -0.15) is 0 Å². The number of fused-ring (bicyclic) bond motifs is 1. The van der Waals surface area contributed by atoms with E-state index in [0.717, 1.165) is 106 Å². The smallest absolute Gasteiger partial charge is 0.149 e. The van der Waals surface area contributed by atoms with Crippen molar-refractivity contribution in [3.8, 4) is 89.7 Å². The second-order valence-corrected chi connectivity index (χ2v) is 21.7. The molecule has 0 spiro atoms. The maximum absolute atomic E-state index is 12.8. The third kappa shape index (κ3) is 9.30. The van der Waals surface area contributed by atoms with Gasteiger partial charge in [0, 0.05) is 31.2 Å². The van der Waals surface area contributed by atoms with Crippen LogP contribution in [0.2, 0.25) is 0 Å². The zero-order valence-electron chi connectivity index (χ0n) is 45.3. The Morgan fingerprint density at radius 3 is 1.68 bits per heavy atom. The Labute approximate surface area is 429 Å². The van der Waals surface area contributed by atoms with Crippen LogP contribution in [0.1, 0.15) is 106 Å². The van der Waals surface area contributed by atoms with Crippen molar-refractivity contribution in [1.29, 1.82) is 0 Å². The van der Waals surface area contributed by atoms with Gasteiger partial charge in [0.15, 0.2) is 0 Å². The standard InChI is InChI=1S/C68H65N3O/c1-43(2)45-29-31-47(32-30-45)50-33-34-69-61(38-50)53-36-51(46-21-14-11-15-22-46)35-52(37-53)55-27-20-28-62-64(55)70-66(59-39-54(67(5,6)7)40-60(65(59)72)68(8,9)10)71(62)63-42-57(48-23-16-12-17-24-48)56(44(3)4)41-58(63)49-25-18-13-19-26-49/h11-44,72H,1-10H3/i43D,44D. The molecular formula is C68H65N3O. The summed E-state index contributed by atoms with van der Waals surface area (Å²) >= 11 is 0. The van der Waals surface area contributed by atoms with Crippen molar-refractivity contribution >= 4 is 11.0 Å². The zero-order valence-corrected chi connectivity index (χ0v) is 43.3. The van der Waals surface area contributed by atoms with E-state index in [0.29, 0.717) is 11.4 Å². The van der Waals surface area contributed by atoms with Gasteiger partial charge in [0.2, 0.25) is 0 Å². The van der Waals surface area contributed by atoms with E-state index in [9.17, 15) is 6.48 Å². The lowest BCUT2D eigenvalue weighted by molar-refractivity contribution is 0.446. The maximum atomic E-state index is 12.8. The maximum Gasteiger partial charge on any atom is 0.149 e. The number of hydrogen-bond acceptors (Lipinski definition) is 3. The number of benzene rings is 8. The molecule has 0 saturated carbocycles. The van der Waals surface area contributed by atoms with E-state index in [2.05, 4.69) is 198 Å². The van der Waals surface area contributed by atoms with Gasteiger partial charge in [0.1, 0.15) is 11.6 Å². The molecule has 10 rings (SSSR count). The second kappa shape index (κ2) is 19.1.